The van der Waals surface area contributed by atoms with Crippen molar-refractivity contribution in [1.29, 1.82) is 0 Å². The SMILES string of the molecule is Cc1ccc(C(=O)N2CCCC(C(=O)NCC(=O)Nc3ccc(Br)c(C)c3)C2)cc1. The number of carbonyl (C=O) groups excluding carboxylic acids is 3. The first-order chi connectivity index (χ1) is 14.3. The number of hydrogen-bond acceptors (Lipinski definition) is 3. The molecule has 0 bridgehead atoms. The lowest BCUT2D eigenvalue weighted by atomic mass is 9.96. The van der Waals surface area contributed by atoms with Gasteiger partial charge in [0, 0.05) is 28.8 Å². The van der Waals surface area contributed by atoms with E-state index in [-0.39, 0.29) is 30.2 Å². The van der Waals surface area contributed by atoms with Gasteiger partial charge in [0.1, 0.15) is 0 Å². The summed E-state index contributed by atoms with van der Waals surface area (Å²) in [5.74, 6) is -0.848. The van der Waals surface area contributed by atoms with Crippen LogP contribution in [0.1, 0.15) is 34.3 Å². The van der Waals surface area contributed by atoms with Crippen LogP contribution in [-0.2, 0) is 9.59 Å². The Hall–Kier alpha value is -2.67. The molecule has 30 heavy (non-hydrogen) atoms. The lowest BCUT2D eigenvalue weighted by Crippen LogP contribution is -2.46. The quantitative estimate of drug-likeness (QED) is 0.697. The average molecular weight is 472 g/mol. The molecule has 1 saturated heterocycles. The number of rotatable bonds is 5. The second kappa shape index (κ2) is 9.89. The Morgan fingerprint density at radius 3 is 2.53 bits per heavy atom. The fourth-order valence-electron chi connectivity index (χ4n) is 3.49. The van der Waals surface area contributed by atoms with Crippen LogP contribution in [0.4, 0.5) is 5.69 Å². The first-order valence-electron chi connectivity index (χ1n) is 10.0. The molecule has 3 amide bonds. The van der Waals surface area contributed by atoms with Crippen LogP contribution in [0.2, 0.25) is 0 Å². The minimum atomic E-state index is -0.309. The summed E-state index contributed by atoms with van der Waals surface area (Å²) in [6.45, 7) is 4.82. The van der Waals surface area contributed by atoms with Gasteiger partial charge in [0.05, 0.1) is 12.5 Å². The van der Waals surface area contributed by atoms with Gasteiger partial charge in [0.25, 0.3) is 5.91 Å². The van der Waals surface area contributed by atoms with Crippen LogP contribution in [0.25, 0.3) is 0 Å². The van der Waals surface area contributed by atoms with Gasteiger partial charge in [-0.3, -0.25) is 14.4 Å². The summed E-state index contributed by atoms with van der Waals surface area (Å²) in [5, 5.41) is 5.49. The molecule has 2 aromatic carbocycles. The van der Waals surface area contributed by atoms with Crippen molar-refractivity contribution in [3.05, 3.63) is 63.6 Å². The number of nitrogens with zero attached hydrogens (tertiary/aromatic N) is 1. The molecule has 2 aromatic rings. The third kappa shape index (κ3) is 5.69. The molecule has 0 aliphatic carbocycles. The molecule has 6 nitrogen and oxygen atoms in total. The number of piperidine rings is 1. The summed E-state index contributed by atoms with van der Waals surface area (Å²) in [5.41, 5.74) is 3.42. The van der Waals surface area contributed by atoms with E-state index in [2.05, 4.69) is 26.6 Å². The summed E-state index contributed by atoms with van der Waals surface area (Å²) >= 11 is 3.42. The van der Waals surface area contributed by atoms with Gasteiger partial charge in [0.2, 0.25) is 11.8 Å². The maximum Gasteiger partial charge on any atom is 0.253 e. The molecule has 0 radical (unpaired) electrons. The average Bonchev–Trinajstić information content (AvgIpc) is 2.75. The van der Waals surface area contributed by atoms with Crippen molar-refractivity contribution in [3.8, 4) is 0 Å². The van der Waals surface area contributed by atoms with Gasteiger partial charge in [0.15, 0.2) is 0 Å². The van der Waals surface area contributed by atoms with E-state index in [1.807, 2.05) is 50.2 Å². The number of likely N-dealkylation sites (tertiary alicyclic amines) is 1. The molecule has 158 valence electrons. The van der Waals surface area contributed by atoms with Crippen molar-refractivity contribution in [1.82, 2.24) is 10.2 Å². The molecule has 1 heterocycles. The van der Waals surface area contributed by atoms with Crippen molar-refractivity contribution in [2.45, 2.75) is 26.7 Å². The summed E-state index contributed by atoms with van der Waals surface area (Å²) < 4.78 is 0.968. The second-order valence-corrected chi connectivity index (χ2v) is 8.54. The molecule has 0 saturated carbocycles. The monoisotopic (exact) mass is 471 g/mol. The first-order valence-corrected chi connectivity index (χ1v) is 10.8. The van der Waals surface area contributed by atoms with Crippen LogP contribution in [0, 0.1) is 19.8 Å². The number of hydrogen-bond donors (Lipinski definition) is 2. The number of aryl methyl sites for hydroxylation is 2. The molecule has 1 aliphatic rings. The van der Waals surface area contributed by atoms with Gasteiger partial charge in [-0.2, -0.15) is 0 Å². The third-order valence-electron chi connectivity index (χ3n) is 5.24. The Morgan fingerprint density at radius 2 is 1.83 bits per heavy atom. The Kier molecular flexibility index (Phi) is 7.26. The van der Waals surface area contributed by atoms with Crippen molar-refractivity contribution < 1.29 is 14.4 Å². The van der Waals surface area contributed by atoms with Gasteiger partial charge in [-0.1, -0.05) is 33.6 Å². The number of amides is 3. The highest BCUT2D eigenvalue weighted by Crippen LogP contribution is 2.21. The number of halogens is 1. The molecule has 1 unspecified atom stereocenters. The van der Waals surface area contributed by atoms with E-state index in [0.29, 0.717) is 30.8 Å². The van der Waals surface area contributed by atoms with E-state index >= 15 is 0 Å². The van der Waals surface area contributed by atoms with Crippen molar-refractivity contribution in [3.63, 3.8) is 0 Å². The smallest absolute Gasteiger partial charge is 0.253 e. The minimum Gasteiger partial charge on any atom is -0.347 e. The zero-order valence-electron chi connectivity index (χ0n) is 17.2. The van der Waals surface area contributed by atoms with Crippen molar-refractivity contribution in [2.75, 3.05) is 25.0 Å². The fourth-order valence-corrected chi connectivity index (χ4v) is 3.74. The molecular weight excluding hydrogens is 446 g/mol. The van der Waals surface area contributed by atoms with Crippen LogP contribution in [0.15, 0.2) is 46.9 Å². The predicted octanol–water partition coefficient (Wildman–Crippen LogP) is 3.67. The highest BCUT2D eigenvalue weighted by Gasteiger charge is 2.29. The highest BCUT2D eigenvalue weighted by atomic mass is 79.9. The highest BCUT2D eigenvalue weighted by molar-refractivity contribution is 9.10. The summed E-state index contributed by atoms with van der Waals surface area (Å²) in [7, 11) is 0. The lowest BCUT2D eigenvalue weighted by Gasteiger charge is -2.32. The van der Waals surface area contributed by atoms with Crippen LogP contribution in [-0.4, -0.2) is 42.3 Å². The normalized spacial score (nSPS) is 16.1. The molecule has 1 fully saturated rings. The lowest BCUT2D eigenvalue weighted by molar-refractivity contribution is -0.128. The van der Waals surface area contributed by atoms with Gasteiger partial charge >= 0.3 is 0 Å². The number of carbonyl (C=O) groups is 3. The largest absolute Gasteiger partial charge is 0.347 e. The maximum atomic E-state index is 12.7. The number of anilines is 1. The molecular formula is C23H26BrN3O3. The number of nitrogens with one attached hydrogen (secondary N) is 2. The second-order valence-electron chi connectivity index (χ2n) is 7.69. The minimum absolute atomic E-state index is 0.0594. The number of benzene rings is 2. The summed E-state index contributed by atoms with van der Waals surface area (Å²) in [6, 6.07) is 13.0. The van der Waals surface area contributed by atoms with Gasteiger partial charge in [-0.25, -0.2) is 0 Å². The topological polar surface area (TPSA) is 78.5 Å². The van der Waals surface area contributed by atoms with E-state index in [9.17, 15) is 14.4 Å². The molecule has 1 aliphatic heterocycles. The van der Waals surface area contributed by atoms with E-state index in [4.69, 9.17) is 0 Å². The maximum absolute atomic E-state index is 12.7. The van der Waals surface area contributed by atoms with Gasteiger partial charge < -0.3 is 15.5 Å². The van der Waals surface area contributed by atoms with Crippen LogP contribution >= 0.6 is 15.9 Å². The fraction of sp³-hybridized carbons (Fsp3) is 0.348. The molecule has 1 atom stereocenters. The van der Waals surface area contributed by atoms with Gasteiger partial charge in [-0.05, 0) is 62.6 Å². The van der Waals surface area contributed by atoms with E-state index in [1.165, 1.54) is 0 Å². The van der Waals surface area contributed by atoms with Crippen LogP contribution in [0.3, 0.4) is 0 Å². The van der Waals surface area contributed by atoms with Crippen molar-refractivity contribution in [2.24, 2.45) is 5.92 Å². The molecule has 7 heteroatoms. The Morgan fingerprint density at radius 1 is 1.10 bits per heavy atom. The van der Waals surface area contributed by atoms with E-state index in [1.54, 1.807) is 11.0 Å². The van der Waals surface area contributed by atoms with Crippen LogP contribution < -0.4 is 10.6 Å². The zero-order valence-corrected chi connectivity index (χ0v) is 18.8. The Balaban J connectivity index is 1.51. The Bertz CT molecular complexity index is 943. The molecule has 3 rings (SSSR count). The first kappa shape index (κ1) is 22.0. The molecule has 2 N–H and O–H groups in total. The predicted molar refractivity (Wildman–Crippen MR) is 120 cm³/mol. The third-order valence-corrected chi connectivity index (χ3v) is 6.13. The van der Waals surface area contributed by atoms with Crippen molar-refractivity contribution >= 4 is 39.3 Å². The van der Waals surface area contributed by atoms with Crippen LogP contribution in [0.5, 0.6) is 0 Å². The van der Waals surface area contributed by atoms with Gasteiger partial charge in [-0.15, -0.1) is 0 Å². The van der Waals surface area contributed by atoms with E-state index in [0.717, 1.165) is 22.0 Å². The van der Waals surface area contributed by atoms with E-state index < -0.39 is 0 Å². The summed E-state index contributed by atoms with van der Waals surface area (Å²) in [4.78, 5) is 39.2. The molecule has 0 spiro atoms. The standard InChI is InChI=1S/C23H26BrN3O3/c1-15-5-7-17(8-6-15)23(30)27-11-3-4-18(14-27)22(29)25-13-21(28)26-19-9-10-20(24)16(2)12-19/h5-10,12,18H,3-4,11,13-14H2,1-2H3,(H,25,29)(H,26,28). The summed E-state index contributed by atoms with van der Waals surface area (Å²) in [6.07, 6.45) is 1.47. The zero-order chi connectivity index (χ0) is 21.7. The molecule has 0 aromatic heterocycles. The Labute approximate surface area is 185 Å².